The van der Waals surface area contributed by atoms with Crippen molar-refractivity contribution in [3.63, 3.8) is 0 Å². The largest absolute Gasteiger partial charge is 0.507 e. The highest BCUT2D eigenvalue weighted by molar-refractivity contribution is 6.46. The van der Waals surface area contributed by atoms with Crippen molar-refractivity contribution in [2.24, 2.45) is 0 Å². The summed E-state index contributed by atoms with van der Waals surface area (Å²) in [5.74, 6) is -1.09. The van der Waals surface area contributed by atoms with Gasteiger partial charge in [-0.05, 0) is 36.2 Å². The fourth-order valence-corrected chi connectivity index (χ4v) is 4.10. The number of carbonyl (C=O) groups excluding carboxylic acids is 2. The molecule has 8 heteroatoms. The van der Waals surface area contributed by atoms with E-state index in [1.54, 1.807) is 61.1 Å². The number of ketones is 1. The van der Waals surface area contributed by atoms with Gasteiger partial charge in [0.1, 0.15) is 11.5 Å². The summed E-state index contributed by atoms with van der Waals surface area (Å²) in [4.78, 5) is 31.6. The minimum absolute atomic E-state index is 0.0353. The Morgan fingerprint density at radius 2 is 1.97 bits per heavy atom. The Bertz CT molecular complexity index is 1170. The second-order valence-electron chi connectivity index (χ2n) is 7.43. The monoisotopic (exact) mass is 451 g/mol. The molecule has 1 aliphatic heterocycles. The lowest BCUT2D eigenvalue weighted by atomic mass is 9.95. The van der Waals surface area contributed by atoms with Crippen LogP contribution in [0.25, 0.3) is 5.76 Å². The van der Waals surface area contributed by atoms with Gasteiger partial charge in [-0.15, -0.1) is 0 Å². The Kier molecular flexibility index (Phi) is 6.28. The van der Waals surface area contributed by atoms with E-state index < -0.39 is 17.7 Å². The molecule has 1 amide bonds. The van der Waals surface area contributed by atoms with Crippen LogP contribution in [-0.4, -0.2) is 44.9 Å². The number of amides is 1. The van der Waals surface area contributed by atoms with Crippen LogP contribution in [-0.2, 0) is 16.1 Å². The van der Waals surface area contributed by atoms with Gasteiger partial charge in [-0.1, -0.05) is 35.9 Å². The summed E-state index contributed by atoms with van der Waals surface area (Å²) in [5, 5.41) is 11.6. The number of ether oxygens (including phenoxy) is 1. The van der Waals surface area contributed by atoms with E-state index in [1.807, 2.05) is 10.8 Å². The van der Waals surface area contributed by atoms with Crippen LogP contribution in [0.15, 0.2) is 72.8 Å². The molecule has 32 heavy (non-hydrogen) atoms. The quantitative estimate of drug-likeness (QED) is 0.332. The van der Waals surface area contributed by atoms with Gasteiger partial charge in [-0.2, -0.15) is 0 Å². The number of likely N-dealkylation sites (tertiary alicyclic amines) is 1. The maximum atomic E-state index is 13.1. The summed E-state index contributed by atoms with van der Waals surface area (Å²) in [5.41, 5.74) is 1.09. The molecule has 1 saturated heterocycles. The average Bonchev–Trinajstić information content (AvgIpc) is 3.41. The van der Waals surface area contributed by atoms with E-state index >= 15 is 0 Å². The van der Waals surface area contributed by atoms with Gasteiger partial charge in [0.2, 0.25) is 0 Å². The van der Waals surface area contributed by atoms with Crippen molar-refractivity contribution in [3.8, 4) is 5.75 Å². The van der Waals surface area contributed by atoms with Crippen LogP contribution in [0, 0.1) is 0 Å². The Hall–Kier alpha value is -3.58. The first-order valence-corrected chi connectivity index (χ1v) is 10.5. The minimum atomic E-state index is -0.748. The van der Waals surface area contributed by atoms with E-state index in [0.29, 0.717) is 41.4 Å². The first kappa shape index (κ1) is 21.6. The average molecular weight is 452 g/mol. The number of hydrogen-bond donors (Lipinski definition) is 1. The molecule has 1 aromatic heterocycles. The van der Waals surface area contributed by atoms with Gasteiger partial charge in [0.25, 0.3) is 11.7 Å². The van der Waals surface area contributed by atoms with Gasteiger partial charge in [0.15, 0.2) is 0 Å². The molecular formula is C24H22ClN3O4. The smallest absolute Gasteiger partial charge is 0.295 e. The number of aryl methyl sites for hydroxylation is 1. The van der Waals surface area contributed by atoms with Gasteiger partial charge in [0.05, 0.1) is 25.1 Å². The molecule has 0 aliphatic carbocycles. The van der Waals surface area contributed by atoms with Crippen LogP contribution in [0.1, 0.15) is 23.6 Å². The molecule has 2 aromatic carbocycles. The number of halogens is 1. The molecule has 0 spiro atoms. The fraction of sp³-hybridized carbons (Fsp3) is 0.208. The highest BCUT2D eigenvalue weighted by atomic mass is 35.5. The molecule has 4 rings (SSSR count). The zero-order valence-corrected chi connectivity index (χ0v) is 18.2. The van der Waals surface area contributed by atoms with Gasteiger partial charge >= 0.3 is 0 Å². The van der Waals surface area contributed by atoms with Crippen molar-refractivity contribution in [3.05, 3.63) is 89.0 Å². The van der Waals surface area contributed by atoms with E-state index in [9.17, 15) is 14.7 Å². The van der Waals surface area contributed by atoms with Crippen LogP contribution in [0.4, 0.5) is 0 Å². The number of aromatic nitrogens is 2. The SMILES string of the molecule is COc1cccc(/C(O)=C2\C(=O)C(=O)N(CCCn3ccnc3)C2c2cccc(Cl)c2)c1. The van der Waals surface area contributed by atoms with Crippen LogP contribution < -0.4 is 4.74 Å². The minimum Gasteiger partial charge on any atom is -0.507 e. The van der Waals surface area contributed by atoms with Crippen molar-refractivity contribution in [1.29, 1.82) is 0 Å². The maximum absolute atomic E-state index is 13.1. The van der Waals surface area contributed by atoms with Crippen molar-refractivity contribution in [1.82, 2.24) is 14.5 Å². The zero-order valence-electron chi connectivity index (χ0n) is 17.4. The first-order chi connectivity index (χ1) is 15.5. The third-order valence-corrected chi connectivity index (χ3v) is 5.66. The molecular weight excluding hydrogens is 430 g/mol. The number of rotatable bonds is 7. The highest BCUT2D eigenvalue weighted by Gasteiger charge is 2.45. The Labute approximate surface area is 190 Å². The summed E-state index contributed by atoms with van der Waals surface area (Å²) < 4.78 is 7.14. The number of imidazole rings is 1. The van der Waals surface area contributed by atoms with Gasteiger partial charge in [0, 0.05) is 36.1 Å². The normalized spacial score (nSPS) is 17.7. The topological polar surface area (TPSA) is 84.7 Å². The van der Waals surface area contributed by atoms with Crippen molar-refractivity contribution in [2.45, 2.75) is 19.0 Å². The summed E-state index contributed by atoms with van der Waals surface area (Å²) in [6.07, 6.45) is 5.84. The molecule has 2 heterocycles. The zero-order chi connectivity index (χ0) is 22.7. The van der Waals surface area contributed by atoms with Crippen LogP contribution in [0.2, 0.25) is 5.02 Å². The second kappa shape index (κ2) is 9.28. The number of nitrogens with zero attached hydrogens (tertiary/aromatic N) is 3. The Morgan fingerprint density at radius 1 is 1.16 bits per heavy atom. The predicted octanol–water partition coefficient (Wildman–Crippen LogP) is 4.06. The first-order valence-electron chi connectivity index (χ1n) is 10.1. The van der Waals surface area contributed by atoms with Crippen molar-refractivity contribution < 1.29 is 19.4 Å². The number of Topliss-reactive ketones (excluding diaryl/α,β-unsaturated/α-hetero) is 1. The molecule has 1 fully saturated rings. The van der Waals surface area contributed by atoms with Crippen LogP contribution >= 0.6 is 11.6 Å². The molecule has 1 unspecified atom stereocenters. The van der Waals surface area contributed by atoms with E-state index in [1.165, 1.54) is 12.0 Å². The third-order valence-electron chi connectivity index (χ3n) is 5.42. The number of aliphatic hydroxyl groups excluding tert-OH is 1. The molecule has 0 radical (unpaired) electrons. The Morgan fingerprint density at radius 3 is 2.69 bits per heavy atom. The summed E-state index contributed by atoms with van der Waals surface area (Å²) in [6, 6.07) is 13.0. The van der Waals surface area contributed by atoms with E-state index in [0.717, 1.165) is 0 Å². The molecule has 7 nitrogen and oxygen atoms in total. The summed E-state index contributed by atoms with van der Waals surface area (Å²) in [7, 11) is 1.52. The predicted molar refractivity (Wildman–Crippen MR) is 120 cm³/mol. The molecule has 0 bridgehead atoms. The number of aliphatic hydroxyl groups is 1. The molecule has 0 saturated carbocycles. The maximum Gasteiger partial charge on any atom is 0.295 e. The van der Waals surface area contributed by atoms with Gasteiger partial charge in [-0.3, -0.25) is 9.59 Å². The Balaban J connectivity index is 1.75. The van der Waals surface area contributed by atoms with E-state index in [2.05, 4.69) is 4.98 Å². The second-order valence-corrected chi connectivity index (χ2v) is 7.87. The molecule has 1 atom stereocenters. The highest BCUT2D eigenvalue weighted by Crippen LogP contribution is 2.40. The molecule has 164 valence electrons. The number of benzene rings is 2. The van der Waals surface area contributed by atoms with E-state index in [-0.39, 0.29) is 11.3 Å². The molecule has 1 N–H and O–H groups in total. The van der Waals surface area contributed by atoms with Gasteiger partial charge in [-0.25, -0.2) is 4.98 Å². The fourth-order valence-electron chi connectivity index (χ4n) is 3.90. The lowest BCUT2D eigenvalue weighted by Crippen LogP contribution is -2.31. The van der Waals surface area contributed by atoms with Crippen LogP contribution in [0.5, 0.6) is 5.75 Å². The molecule has 3 aromatic rings. The molecule has 1 aliphatic rings. The third kappa shape index (κ3) is 4.24. The van der Waals surface area contributed by atoms with Crippen molar-refractivity contribution >= 4 is 29.1 Å². The standard InChI is InChI=1S/C24H22ClN3O4/c1-32-19-8-3-6-17(14-19)22(29)20-21(16-5-2-7-18(25)13-16)28(24(31)23(20)30)11-4-10-27-12-9-26-15-27/h2-3,5-9,12-15,21,29H,4,10-11H2,1H3/b22-20+. The van der Waals surface area contributed by atoms with Crippen LogP contribution in [0.3, 0.4) is 0 Å². The lowest BCUT2D eigenvalue weighted by Gasteiger charge is -2.25. The summed E-state index contributed by atoms with van der Waals surface area (Å²) in [6.45, 7) is 0.968. The summed E-state index contributed by atoms with van der Waals surface area (Å²) >= 11 is 6.21. The number of carbonyl (C=O) groups is 2. The number of hydrogen-bond acceptors (Lipinski definition) is 5. The van der Waals surface area contributed by atoms with Crippen molar-refractivity contribution in [2.75, 3.05) is 13.7 Å². The van der Waals surface area contributed by atoms with E-state index in [4.69, 9.17) is 16.3 Å². The lowest BCUT2D eigenvalue weighted by molar-refractivity contribution is -0.139. The van der Waals surface area contributed by atoms with Gasteiger partial charge < -0.3 is 19.3 Å². The number of methoxy groups -OCH3 is 1.